The fraction of sp³-hybridized carbons (Fsp3) is 0.381. The van der Waals surface area contributed by atoms with Gasteiger partial charge in [0.1, 0.15) is 5.82 Å². The van der Waals surface area contributed by atoms with E-state index in [9.17, 15) is 9.18 Å². The van der Waals surface area contributed by atoms with Gasteiger partial charge in [-0.25, -0.2) is 4.39 Å². The second-order valence-electron chi connectivity index (χ2n) is 6.84. The number of carbonyl (C=O) groups excluding carboxylic acids is 1. The molecule has 2 aromatic carbocycles. The molecule has 4 rings (SSSR count). The Labute approximate surface area is 158 Å². The highest BCUT2D eigenvalue weighted by molar-refractivity contribution is 5.81. The lowest BCUT2D eigenvalue weighted by atomic mass is 10.0. The van der Waals surface area contributed by atoms with E-state index in [1.807, 2.05) is 23.1 Å². The predicted molar refractivity (Wildman–Crippen MR) is 101 cm³/mol. The maximum Gasteiger partial charge on any atom is 0.242 e. The molecule has 2 aromatic rings. The lowest BCUT2D eigenvalue weighted by molar-refractivity contribution is -0.130. The van der Waals surface area contributed by atoms with Gasteiger partial charge in [-0.3, -0.25) is 4.79 Å². The number of hydrogen-bond donors (Lipinski definition) is 1. The maximum atomic E-state index is 13.7. The largest absolute Gasteiger partial charge is 0.490 e. The zero-order valence-electron chi connectivity index (χ0n) is 15.1. The number of nitrogens with zero attached hydrogens (tertiary/aromatic N) is 1. The number of ether oxygens (including phenoxy) is 2. The maximum absolute atomic E-state index is 13.7. The van der Waals surface area contributed by atoms with E-state index in [2.05, 4.69) is 5.32 Å². The van der Waals surface area contributed by atoms with Gasteiger partial charge in [0.05, 0.1) is 31.5 Å². The van der Waals surface area contributed by atoms with Crippen molar-refractivity contribution in [3.8, 4) is 11.5 Å². The highest BCUT2D eigenvalue weighted by atomic mass is 19.1. The smallest absolute Gasteiger partial charge is 0.242 e. The van der Waals surface area contributed by atoms with E-state index < -0.39 is 0 Å². The monoisotopic (exact) mass is 370 g/mol. The van der Waals surface area contributed by atoms with Crippen LogP contribution in [0.1, 0.15) is 30.9 Å². The Kier molecular flexibility index (Phi) is 5.14. The van der Waals surface area contributed by atoms with Gasteiger partial charge in [-0.2, -0.15) is 0 Å². The summed E-state index contributed by atoms with van der Waals surface area (Å²) >= 11 is 0. The van der Waals surface area contributed by atoms with Gasteiger partial charge in [-0.05, 0) is 42.7 Å². The minimum atomic E-state index is -0.355. The van der Waals surface area contributed by atoms with Crippen molar-refractivity contribution in [2.75, 3.05) is 31.6 Å². The highest BCUT2D eigenvalue weighted by Gasteiger charge is 2.30. The van der Waals surface area contributed by atoms with E-state index in [0.717, 1.165) is 36.3 Å². The Balaban J connectivity index is 1.46. The van der Waals surface area contributed by atoms with Gasteiger partial charge in [-0.1, -0.05) is 18.2 Å². The van der Waals surface area contributed by atoms with Crippen molar-refractivity contribution in [2.45, 2.75) is 25.3 Å². The third-order valence-electron chi connectivity index (χ3n) is 5.03. The average molecular weight is 370 g/mol. The number of halogens is 1. The first-order valence-corrected chi connectivity index (χ1v) is 9.40. The van der Waals surface area contributed by atoms with E-state index in [1.54, 1.807) is 18.2 Å². The Morgan fingerprint density at radius 2 is 1.93 bits per heavy atom. The van der Waals surface area contributed by atoms with Gasteiger partial charge in [0.25, 0.3) is 0 Å². The quantitative estimate of drug-likeness (QED) is 0.890. The SMILES string of the molecule is O=C(CNc1ccccc1F)N1CCCC1c1ccc2c(c1)OCCCO2. The van der Waals surface area contributed by atoms with E-state index in [0.29, 0.717) is 25.4 Å². The van der Waals surface area contributed by atoms with Gasteiger partial charge in [0.15, 0.2) is 11.5 Å². The second kappa shape index (κ2) is 7.86. The standard InChI is InChI=1S/C21H23FN2O3/c22-16-5-1-2-6-17(16)23-14-21(25)24-10-3-7-18(24)15-8-9-19-20(13-15)27-12-4-11-26-19/h1-2,5-6,8-9,13,18,23H,3-4,7,10-12,14H2. The lowest BCUT2D eigenvalue weighted by Gasteiger charge is -2.26. The third kappa shape index (κ3) is 3.84. The minimum Gasteiger partial charge on any atom is -0.490 e. The molecule has 142 valence electrons. The van der Waals surface area contributed by atoms with Crippen LogP contribution < -0.4 is 14.8 Å². The molecule has 1 unspecified atom stereocenters. The van der Waals surface area contributed by atoms with E-state index in [-0.39, 0.29) is 24.3 Å². The molecule has 27 heavy (non-hydrogen) atoms. The molecule has 1 saturated heterocycles. The number of anilines is 1. The first-order chi connectivity index (χ1) is 13.2. The van der Waals surface area contributed by atoms with Gasteiger partial charge >= 0.3 is 0 Å². The molecule has 0 aliphatic carbocycles. The summed E-state index contributed by atoms with van der Waals surface area (Å²) < 4.78 is 25.2. The van der Waals surface area contributed by atoms with Gasteiger partial charge < -0.3 is 19.7 Å². The molecular formula is C21H23FN2O3. The van der Waals surface area contributed by atoms with E-state index in [1.165, 1.54) is 6.07 Å². The zero-order chi connectivity index (χ0) is 18.6. The normalized spacial score (nSPS) is 18.9. The summed E-state index contributed by atoms with van der Waals surface area (Å²) in [5.74, 6) is 1.11. The van der Waals surface area contributed by atoms with E-state index in [4.69, 9.17) is 9.47 Å². The topological polar surface area (TPSA) is 50.8 Å². The van der Waals surface area contributed by atoms with Gasteiger partial charge in [0.2, 0.25) is 5.91 Å². The molecule has 1 N–H and O–H groups in total. The molecule has 2 heterocycles. The van der Waals surface area contributed by atoms with E-state index >= 15 is 0 Å². The van der Waals surface area contributed by atoms with Crippen LogP contribution in [-0.4, -0.2) is 37.1 Å². The molecule has 0 aromatic heterocycles. The number of likely N-dealkylation sites (tertiary alicyclic amines) is 1. The van der Waals surface area contributed by atoms with Crippen LogP contribution in [-0.2, 0) is 4.79 Å². The number of rotatable bonds is 4. The van der Waals surface area contributed by atoms with Crippen LogP contribution in [0.3, 0.4) is 0 Å². The number of fused-ring (bicyclic) bond motifs is 1. The molecule has 2 aliphatic rings. The summed E-state index contributed by atoms with van der Waals surface area (Å²) in [5.41, 5.74) is 1.40. The Morgan fingerprint density at radius 1 is 1.11 bits per heavy atom. The number of hydrogen-bond acceptors (Lipinski definition) is 4. The molecular weight excluding hydrogens is 347 g/mol. The Hall–Kier alpha value is -2.76. The number of amides is 1. The van der Waals surface area contributed by atoms with Crippen molar-refractivity contribution < 1.29 is 18.7 Å². The molecule has 0 saturated carbocycles. The van der Waals surface area contributed by atoms with Crippen molar-refractivity contribution >= 4 is 11.6 Å². The molecule has 6 heteroatoms. The molecule has 0 radical (unpaired) electrons. The zero-order valence-corrected chi connectivity index (χ0v) is 15.1. The highest BCUT2D eigenvalue weighted by Crippen LogP contribution is 2.37. The van der Waals surface area contributed by atoms with Gasteiger partial charge in [0, 0.05) is 13.0 Å². The fourth-order valence-electron chi connectivity index (χ4n) is 3.68. The summed E-state index contributed by atoms with van der Waals surface area (Å²) in [6.07, 6.45) is 2.72. The number of nitrogens with one attached hydrogen (secondary N) is 1. The van der Waals surface area contributed by atoms with Crippen LogP contribution in [0.5, 0.6) is 11.5 Å². The van der Waals surface area contributed by atoms with Crippen LogP contribution in [0.25, 0.3) is 0 Å². The van der Waals surface area contributed by atoms with Crippen LogP contribution in [0, 0.1) is 5.82 Å². The van der Waals surface area contributed by atoms with Crippen LogP contribution in [0.15, 0.2) is 42.5 Å². The second-order valence-corrected chi connectivity index (χ2v) is 6.84. The molecule has 2 aliphatic heterocycles. The molecule has 0 bridgehead atoms. The summed E-state index contributed by atoms with van der Waals surface area (Å²) in [5, 5.41) is 2.91. The molecule has 0 spiro atoms. The summed E-state index contributed by atoms with van der Waals surface area (Å²) in [6.45, 7) is 2.07. The lowest BCUT2D eigenvalue weighted by Crippen LogP contribution is -2.35. The van der Waals surface area contributed by atoms with Crippen LogP contribution >= 0.6 is 0 Å². The Bertz CT molecular complexity index is 827. The number of carbonyl (C=O) groups is 1. The average Bonchev–Trinajstić information content (AvgIpc) is 3.06. The number of para-hydroxylation sites is 1. The van der Waals surface area contributed by atoms with Crippen molar-refractivity contribution in [1.82, 2.24) is 4.90 Å². The fourth-order valence-corrected chi connectivity index (χ4v) is 3.68. The van der Waals surface area contributed by atoms with Crippen molar-refractivity contribution in [3.63, 3.8) is 0 Å². The van der Waals surface area contributed by atoms with Crippen molar-refractivity contribution in [2.24, 2.45) is 0 Å². The van der Waals surface area contributed by atoms with Crippen LogP contribution in [0.2, 0.25) is 0 Å². The third-order valence-corrected chi connectivity index (χ3v) is 5.03. The first-order valence-electron chi connectivity index (χ1n) is 9.40. The molecule has 1 fully saturated rings. The molecule has 1 atom stereocenters. The van der Waals surface area contributed by atoms with Crippen LogP contribution in [0.4, 0.5) is 10.1 Å². The van der Waals surface area contributed by atoms with Gasteiger partial charge in [-0.15, -0.1) is 0 Å². The molecule has 1 amide bonds. The van der Waals surface area contributed by atoms with Crippen molar-refractivity contribution in [1.29, 1.82) is 0 Å². The minimum absolute atomic E-state index is 0.0112. The predicted octanol–water partition coefficient (Wildman–Crippen LogP) is 3.76. The van der Waals surface area contributed by atoms with Crippen molar-refractivity contribution in [3.05, 3.63) is 53.8 Å². The summed E-state index contributed by atoms with van der Waals surface area (Å²) in [7, 11) is 0. The molecule has 5 nitrogen and oxygen atoms in total. The summed E-state index contributed by atoms with van der Waals surface area (Å²) in [4.78, 5) is 14.6. The Morgan fingerprint density at radius 3 is 2.78 bits per heavy atom. The summed E-state index contributed by atoms with van der Waals surface area (Å²) in [6, 6.07) is 12.3. The number of benzene rings is 2. The first kappa shape index (κ1) is 17.6.